The van der Waals surface area contributed by atoms with Gasteiger partial charge in [-0.05, 0) is 47.0 Å². The maximum atomic E-state index is 13.4. The standard InChI is InChI=1S/C16H11F5O5S.C12H15OS/c17-15(18,19)14(16(20,21)27(23,24)25)26-13(22)12-8-6-11(7-9-12)10-4-2-1-3-5-10;13-12(10-14-8-4-5-9-14)11-6-2-1-3-7-11/h1-9,14H,(H,23,24,25);1-3,6-7H,4-5,8-10H2/q;+1/p-1. The quantitative estimate of drug-likeness (QED) is 0.103. The normalized spacial score (nSPS) is 15.0. The Balaban J connectivity index is 0.000000275. The highest BCUT2D eigenvalue weighted by Crippen LogP contribution is 2.38. The molecule has 0 saturated carbocycles. The van der Waals surface area contributed by atoms with Crippen LogP contribution in [0, 0.1) is 0 Å². The summed E-state index contributed by atoms with van der Waals surface area (Å²) in [7, 11) is -6.34. The number of halogens is 5. The van der Waals surface area contributed by atoms with Crippen molar-refractivity contribution < 1.29 is 49.2 Å². The molecule has 0 radical (unpaired) electrons. The van der Waals surface area contributed by atoms with Crippen molar-refractivity contribution in [1.82, 2.24) is 0 Å². The second-order valence-electron chi connectivity index (χ2n) is 8.95. The van der Waals surface area contributed by atoms with Crippen molar-refractivity contribution in [2.24, 2.45) is 0 Å². The minimum Gasteiger partial charge on any atom is -0.743 e. The van der Waals surface area contributed by atoms with Gasteiger partial charge in [0.2, 0.25) is 5.78 Å². The highest BCUT2D eigenvalue weighted by Gasteiger charge is 2.63. The molecule has 3 aromatic carbocycles. The molecule has 41 heavy (non-hydrogen) atoms. The van der Waals surface area contributed by atoms with E-state index in [1.54, 1.807) is 30.3 Å². The van der Waals surface area contributed by atoms with Gasteiger partial charge >= 0.3 is 17.4 Å². The van der Waals surface area contributed by atoms with Crippen LogP contribution in [0.4, 0.5) is 22.0 Å². The van der Waals surface area contributed by atoms with Gasteiger partial charge in [0.15, 0.2) is 15.9 Å². The number of esters is 1. The molecule has 1 atom stereocenters. The largest absolute Gasteiger partial charge is 0.743 e. The summed E-state index contributed by atoms with van der Waals surface area (Å²) in [5.74, 6) is 1.80. The van der Waals surface area contributed by atoms with Crippen LogP contribution < -0.4 is 0 Å². The molecule has 1 fully saturated rings. The maximum absolute atomic E-state index is 13.4. The van der Waals surface area contributed by atoms with E-state index in [0.717, 1.165) is 29.0 Å². The van der Waals surface area contributed by atoms with E-state index in [1.165, 1.54) is 36.5 Å². The fraction of sp³-hybridized carbons (Fsp3) is 0.286. The average Bonchev–Trinajstić information content (AvgIpc) is 3.45. The lowest BCUT2D eigenvalue weighted by Gasteiger charge is -2.29. The van der Waals surface area contributed by atoms with E-state index in [4.69, 9.17) is 0 Å². The van der Waals surface area contributed by atoms with Gasteiger partial charge < -0.3 is 9.29 Å². The van der Waals surface area contributed by atoms with Gasteiger partial charge in [0, 0.05) is 5.56 Å². The zero-order chi connectivity index (χ0) is 30.3. The predicted molar refractivity (Wildman–Crippen MR) is 144 cm³/mol. The summed E-state index contributed by atoms with van der Waals surface area (Å²) in [6.07, 6.45) is -7.77. The summed E-state index contributed by atoms with van der Waals surface area (Å²) < 4.78 is 100.0. The average molecular weight is 617 g/mol. The third-order valence-corrected chi connectivity index (χ3v) is 9.22. The number of benzene rings is 3. The molecule has 0 N–H and O–H groups in total. The smallest absolute Gasteiger partial charge is 0.432 e. The Hall–Kier alpha value is -3.29. The molecule has 0 aliphatic carbocycles. The molecule has 13 heteroatoms. The van der Waals surface area contributed by atoms with Crippen molar-refractivity contribution >= 4 is 32.8 Å². The molecule has 1 unspecified atom stereocenters. The minimum absolute atomic E-state index is 0.329. The van der Waals surface area contributed by atoms with Crippen LogP contribution in [0.5, 0.6) is 0 Å². The Bertz CT molecular complexity index is 1410. The summed E-state index contributed by atoms with van der Waals surface area (Å²) in [5.41, 5.74) is 1.64. The maximum Gasteiger partial charge on any atom is 0.432 e. The van der Waals surface area contributed by atoms with Crippen molar-refractivity contribution in [3.05, 3.63) is 96.1 Å². The highest BCUT2D eigenvalue weighted by atomic mass is 32.2. The van der Waals surface area contributed by atoms with E-state index >= 15 is 0 Å². The van der Waals surface area contributed by atoms with E-state index in [9.17, 15) is 44.5 Å². The van der Waals surface area contributed by atoms with E-state index in [-0.39, 0.29) is 0 Å². The van der Waals surface area contributed by atoms with E-state index in [0.29, 0.717) is 22.2 Å². The first-order chi connectivity index (χ1) is 19.2. The fourth-order valence-corrected chi connectivity index (χ4v) is 6.51. The first kappa shape index (κ1) is 32.2. The van der Waals surface area contributed by atoms with Crippen LogP contribution in [0.15, 0.2) is 84.9 Å². The molecule has 1 aliphatic heterocycles. The van der Waals surface area contributed by atoms with Crippen LogP contribution in [0.1, 0.15) is 33.6 Å². The highest BCUT2D eigenvalue weighted by molar-refractivity contribution is 7.97. The van der Waals surface area contributed by atoms with Gasteiger partial charge in [-0.1, -0.05) is 72.8 Å². The molecule has 0 spiro atoms. The number of Topliss-reactive ketones (excluding diaryl/α,β-unsaturated/α-hetero) is 1. The Morgan fingerprint density at radius 2 is 1.27 bits per heavy atom. The minimum atomic E-state index is -6.74. The summed E-state index contributed by atoms with van der Waals surface area (Å²) in [5, 5.41) is -5.88. The van der Waals surface area contributed by atoms with Crippen molar-refractivity contribution in [2.45, 2.75) is 30.4 Å². The SMILES string of the molecule is O=C(C[S+]1CCCC1)c1ccccc1.O=C(OC(C(F)(F)F)C(F)(F)S(=O)(=O)[O-])c1ccc(-c2ccccc2)cc1. The summed E-state index contributed by atoms with van der Waals surface area (Å²) in [4.78, 5) is 23.6. The van der Waals surface area contributed by atoms with Crippen molar-refractivity contribution in [3.8, 4) is 11.1 Å². The Kier molecular flexibility index (Phi) is 10.7. The number of carbonyl (C=O) groups excluding carboxylic acids is 2. The zero-order valence-electron chi connectivity index (χ0n) is 21.4. The Morgan fingerprint density at radius 1 is 0.780 bits per heavy atom. The molecule has 1 aliphatic rings. The van der Waals surface area contributed by atoms with Crippen LogP contribution >= 0.6 is 0 Å². The molecule has 0 bridgehead atoms. The number of hydrogen-bond acceptors (Lipinski definition) is 6. The van der Waals surface area contributed by atoms with E-state index in [1.807, 2.05) is 30.3 Å². The fourth-order valence-electron chi connectivity index (χ4n) is 3.81. The first-order valence-corrected chi connectivity index (χ1v) is 15.3. The molecule has 3 aromatic rings. The number of alkyl halides is 5. The van der Waals surface area contributed by atoms with Crippen LogP contribution in [0.2, 0.25) is 0 Å². The molecule has 1 saturated heterocycles. The summed E-state index contributed by atoms with van der Waals surface area (Å²) in [6, 6.07) is 23.0. The molecule has 1 heterocycles. The van der Waals surface area contributed by atoms with E-state index < -0.39 is 39.2 Å². The lowest BCUT2D eigenvalue weighted by molar-refractivity contribution is -0.248. The van der Waals surface area contributed by atoms with Crippen LogP contribution in [-0.4, -0.2) is 59.5 Å². The third-order valence-electron chi connectivity index (χ3n) is 5.94. The molecule has 0 aromatic heterocycles. The number of hydrogen-bond donors (Lipinski definition) is 0. The van der Waals surface area contributed by atoms with Crippen molar-refractivity contribution in [3.63, 3.8) is 0 Å². The number of ketones is 1. The molecule has 4 rings (SSSR count). The van der Waals surface area contributed by atoms with Gasteiger partial charge in [0.05, 0.1) is 5.56 Å². The van der Waals surface area contributed by atoms with Crippen molar-refractivity contribution in [1.29, 1.82) is 0 Å². The van der Waals surface area contributed by atoms with Gasteiger partial charge in [-0.2, -0.15) is 22.0 Å². The predicted octanol–water partition coefficient (Wildman–Crippen LogP) is 5.86. The van der Waals surface area contributed by atoms with Crippen LogP contribution in [0.25, 0.3) is 11.1 Å². The van der Waals surface area contributed by atoms with Crippen LogP contribution in [-0.2, 0) is 25.7 Å². The monoisotopic (exact) mass is 616 g/mol. The second kappa shape index (κ2) is 13.6. The van der Waals surface area contributed by atoms with Crippen molar-refractivity contribution in [2.75, 3.05) is 17.3 Å². The Morgan fingerprint density at radius 3 is 1.76 bits per heavy atom. The Labute approximate surface area is 236 Å². The molecule has 6 nitrogen and oxygen atoms in total. The van der Waals surface area contributed by atoms with E-state index in [2.05, 4.69) is 4.74 Å². The molecular weight excluding hydrogens is 591 g/mol. The number of rotatable bonds is 8. The lowest BCUT2D eigenvalue weighted by Crippen LogP contribution is -2.52. The first-order valence-electron chi connectivity index (χ1n) is 12.2. The third kappa shape index (κ3) is 8.85. The zero-order valence-corrected chi connectivity index (χ0v) is 23.0. The van der Waals surface area contributed by atoms with Gasteiger partial charge in [0.1, 0.15) is 11.5 Å². The second-order valence-corrected chi connectivity index (χ2v) is 12.7. The molecule has 0 amide bonds. The molecular formula is C28H25F5O6S2. The van der Waals surface area contributed by atoms with Gasteiger partial charge in [-0.15, -0.1) is 0 Å². The van der Waals surface area contributed by atoms with Gasteiger partial charge in [0.25, 0.3) is 6.10 Å². The summed E-state index contributed by atoms with van der Waals surface area (Å²) >= 11 is 0. The van der Waals surface area contributed by atoms with Crippen LogP contribution in [0.3, 0.4) is 0 Å². The van der Waals surface area contributed by atoms with Gasteiger partial charge in [-0.3, -0.25) is 4.79 Å². The lowest BCUT2D eigenvalue weighted by atomic mass is 10.0. The number of carbonyl (C=O) groups is 2. The topological polar surface area (TPSA) is 101 Å². The molecule has 220 valence electrons. The number of ether oxygens (including phenoxy) is 1. The summed E-state index contributed by atoms with van der Waals surface area (Å²) in [6.45, 7) is 0. The van der Waals surface area contributed by atoms with Gasteiger partial charge in [-0.25, -0.2) is 13.2 Å².